The summed E-state index contributed by atoms with van der Waals surface area (Å²) < 4.78 is 61.2. The third-order valence-corrected chi connectivity index (χ3v) is 5.68. The van der Waals surface area contributed by atoms with Crippen molar-refractivity contribution in [2.24, 2.45) is 7.05 Å². The van der Waals surface area contributed by atoms with E-state index in [0.717, 1.165) is 17.5 Å². The van der Waals surface area contributed by atoms with Gasteiger partial charge in [0, 0.05) is 23.5 Å². The monoisotopic (exact) mass is 518 g/mol. The average Bonchev–Trinajstić information content (AvgIpc) is 3.07. The van der Waals surface area contributed by atoms with Crippen LogP contribution in [0.15, 0.2) is 70.7 Å². The molecule has 0 aliphatic heterocycles. The van der Waals surface area contributed by atoms with Gasteiger partial charge in [0.1, 0.15) is 12.4 Å². The maximum atomic E-state index is 10.5. The fourth-order valence-corrected chi connectivity index (χ4v) is 3.17. The summed E-state index contributed by atoms with van der Waals surface area (Å²) >= 11 is 0. The summed E-state index contributed by atoms with van der Waals surface area (Å²) in [4.78, 5) is 2.98. The number of nitrogens with zero attached hydrogens (tertiary/aromatic N) is 1. The van der Waals surface area contributed by atoms with Crippen molar-refractivity contribution in [3.8, 4) is 0 Å². The summed E-state index contributed by atoms with van der Waals surface area (Å²) in [7, 11) is -6.00. The van der Waals surface area contributed by atoms with Gasteiger partial charge in [0.25, 0.3) is 26.1 Å². The van der Waals surface area contributed by atoms with Crippen molar-refractivity contribution in [2.45, 2.75) is 37.0 Å². The molecule has 0 unspecified atom stereocenters. The number of imidazole rings is 1. The summed E-state index contributed by atoms with van der Waals surface area (Å²) in [5.74, 6) is 1.27. The number of aromatic nitrogens is 2. The van der Waals surface area contributed by atoms with E-state index in [1.165, 1.54) is 30.1 Å². The molecule has 0 aliphatic carbocycles. The van der Waals surface area contributed by atoms with Gasteiger partial charge in [-0.25, -0.2) is 9.55 Å². The van der Waals surface area contributed by atoms with E-state index < -0.39 is 20.2 Å². The number of benzene rings is 2. The van der Waals surface area contributed by atoms with Gasteiger partial charge in [0.15, 0.2) is 0 Å². The molecule has 0 bridgehead atoms. The van der Waals surface area contributed by atoms with Crippen LogP contribution in [0.2, 0.25) is 0 Å². The molecule has 31 heavy (non-hydrogen) atoms. The van der Waals surface area contributed by atoms with Gasteiger partial charge in [0.05, 0.1) is 16.8 Å². The Morgan fingerprint density at radius 1 is 0.806 bits per heavy atom. The van der Waals surface area contributed by atoms with Crippen molar-refractivity contribution in [2.75, 3.05) is 0 Å². The van der Waals surface area contributed by atoms with E-state index >= 15 is 0 Å². The number of nitrogens with one attached hydrogen (secondary N) is 1. The summed E-state index contributed by atoms with van der Waals surface area (Å²) in [5, 5.41) is 0. The molecule has 0 saturated carbocycles. The molecule has 0 amide bonds. The number of rotatable bonds is 3. The SMILES string of the molecule is CCc1[nH]cc[n+]1C.Cc1ccc(S(=O)(=O)O)cc1.Cc1ccc(S(=O)(=O)O)cc1.[Cu]. The van der Waals surface area contributed by atoms with Crippen LogP contribution in [0.3, 0.4) is 0 Å². The van der Waals surface area contributed by atoms with Gasteiger partial charge in [-0.2, -0.15) is 16.8 Å². The van der Waals surface area contributed by atoms with Crippen molar-refractivity contribution in [3.63, 3.8) is 0 Å². The average molecular weight is 519 g/mol. The molecule has 0 aliphatic rings. The standard InChI is InChI=1S/2C7H8O3S.C6H10N2.Cu/c2*1-6-2-4-7(5-3-6)11(8,9)10;1-3-6-7-4-5-8(6)2;/h2*2-5H,1H3,(H,8,9,10);4-5H,3H2,1-2H3;/p+1. The molecule has 0 saturated heterocycles. The largest absolute Gasteiger partial charge is 0.294 e. The molecule has 0 spiro atoms. The molecule has 3 rings (SSSR count). The summed E-state index contributed by atoms with van der Waals surface area (Å²) in [5.41, 5.74) is 1.91. The predicted octanol–water partition coefficient (Wildman–Crippen LogP) is 2.88. The molecule has 0 atom stereocenters. The van der Waals surface area contributed by atoms with Crippen molar-refractivity contribution < 1.29 is 47.6 Å². The fourth-order valence-electron chi connectivity index (χ4n) is 2.21. The molecule has 175 valence electrons. The molecule has 8 nitrogen and oxygen atoms in total. The Labute approximate surface area is 194 Å². The second-order valence-electron chi connectivity index (χ2n) is 6.45. The normalized spacial score (nSPS) is 10.6. The van der Waals surface area contributed by atoms with Crippen molar-refractivity contribution in [1.29, 1.82) is 0 Å². The van der Waals surface area contributed by atoms with Gasteiger partial charge in [0.2, 0.25) is 0 Å². The van der Waals surface area contributed by atoms with E-state index in [0.29, 0.717) is 0 Å². The maximum Gasteiger partial charge on any atom is 0.294 e. The first-order valence-electron chi connectivity index (χ1n) is 8.94. The van der Waals surface area contributed by atoms with Crippen LogP contribution < -0.4 is 4.57 Å². The molecule has 1 heterocycles. The van der Waals surface area contributed by atoms with Gasteiger partial charge in [-0.3, -0.25) is 9.11 Å². The Hall–Kier alpha value is -2.01. The molecule has 11 heteroatoms. The third-order valence-electron chi connectivity index (χ3n) is 3.95. The zero-order chi connectivity index (χ0) is 22.9. The van der Waals surface area contributed by atoms with Crippen molar-refractivity contribution in [3.05, 3.63) is 77.9 Å². The van der Waals surface area contributed by atoms with Gasteiger partial charge >= 0.3 is 0 Å². The number of aromatic amines is 1. The van der Waals surface area contributed by atoms with Crippen molar-refractivity contribution in [1.82, 2.24) is 4.98 Å². The van der Waals surface area contributed by atoms with Crippen molar-refractivity contribution >= 4 is 20.2 Å². The smallest absolute Gasteiger partial charge is 0.282 e. The molecule has 2 aromatic carbocycles. The Balaban J connectivity index is 0.000000434. The Morgan fingerprint density at radius 2 is 1.16 bits per heavy atom. The number of hydrogen-bond acceptors (Lipinski definition) is 4. The molecule has 1 aromatic heterocycles. The van der Waals surface area contributed by atoms with E-state index in [-0.39, 0.29) is 26.9 Å². The summed E-state index contributed by atoms with van der Waals surface area (Å²) in [6.07, 6.45) is 5.03. The van der Waals surface area contributed by atoms with Crippen LogP contribution in [0.25, 0.3) is 0 Å². The van der Waals surface area contributed by atoms with Crippen LogP contribution in [0, 0.1) is 13.8 Å². The molecule has 3 aromatic rings. The first-order valence-corrected chi connectivity index (χ1v) is 11.8. The van der Waals surface area contributed by atoms with E-state index in [4.69, 9.17) is 9.11 Å². The second-order valence-corrected chi connectivity index (χ2v) is 9.29. The Morgan fingerprint density at radius 3 is 1.35 bits per heavy atom. The zero-order valence-electron chi connectivity index (χ0n) is 17.6. The van der Waals surface area contributed by atoms with E-state index in [1.807, 2.05) is 33.3 Å². The van der Waals surface area contributed by atoms with E-state index in [9.17, 15) is 16.8 Å². The zero-order valence-corrected chi connectivity index (χ0v) is 20.1. The number of aryl methyl sites for hydroxylation is 4. The quantitative estimate of drug-likeness (QED) is 0.278. The third kappa shape index (κ3) is 10.7. The van der Waals surface area contributed by atoms with Crippen LogP contribution >= 0.6 is 0 Å². The predicted molar refractivity (Wildman–Crippen MR) is 113 cm³/mol. The second kappa shape index (κ2) is 12.7. The number of hydrogen-bond donors (Lipinski definition) is 3. The Bertz CT molecular complexity index is 1070. The van der Waals surface area contributed by atoms with Crippen LogP contribution in [-0.4, -0.2) is 30.9 Å². The minimum atomic E-state index is -4.02. The van der Waals surface area contributed by atoms with Crippen LogP contribution in [-0.2, 0) is 50.8 Å². The van der Waals surface area contributed by atoms with Gasteiger partial charge in [-0.05, 0) is 38.1 Å². The summed E-state index contributed by atoms with van der Waals surface area (Å²) in [6.45, 7) is 5.81. The first-order chi connectivity index (χ1) is 13.8. The molecular weight excluding hydrogens is 492 g/mol. The van der Waals surface area contributed by atoms with E-state index in [1.54, 1.807) is 24.3 Å². The van der Waals surface area contributed by atoms with Crippen LogP contribution in [0.1, 0.15) is 23.9 Å². The molecule has 1 radical (unpaired) electrons. The van der Waals surface area contributed by atoms with Crippen LogP contribution in [0.4, 0.5) is 0 Å². The summed E-state index contributed by atoms with van der Waals surface area (Å²) in [6, 6.07) is 12.0. The maximum absolute atomic E-state index is 10.5. The van der Waals surface area contributed by atoms with Gasteiger partial charge < -0.3 is 0 Å². The number of H-pyrrole nitrogens is 1. The minimum absolute atomic E-state index is 0. The molecular formula is C20H27CuN2O6S2+. The molecule has 0 fully saturated rings. The first kappa shape index (κ1) is 29.0. The van der Waals surface area contributed by atoms with Crippen LogP contribution in [0.5, 0.6) is 0 Å². The fraction of sp³-hybridized carbons (Fsp3) is 0.250. The molecule has 3 N–H and O–H groups in total. The van der Waals surface area contributed by atoms with Gasteiger partial charge in [-0.15, -0.1) is 0 Å². The van der Waals surface area contributed by atoms with Gasteiger partial charge in [-0.1, -0.05) is 42.3 Å². The minimum Gasteiger partial charge on any atom is -0.282 e. The Kier molecular flexibility index (Phi) is 11.9. The van der Waals surface area contributed by atoms with E-state index in [2.05, 4.69) is 16.5 Å². The topological polar surface area (TPSA) is 128 Å².